The second kappa shape index (κ2) is 9.76. The number of hydrogen-bond donors (Lipinski definition) is 3. The lowest BCUT2D eigenvalue weighted by Crippen LogP contribution is -2.28. The number of halogens is 3. The number of nitrogens with two attached hydrogens (primary N) is 1. The van der Waals surface area contributed by atoms with Crippen LogP contribution in [-0.4, -0.2) is 41.4 Å². The van der Waals surface area contributed by atoms with Gasteiger partial charge in [-0.1, -0.05) is 24.3 Å². The number of nitrogens with one attached hydrogen (secondary N) is 2. The Balaban J connectivity index is 1.49. The SMILES string of the molecule is Cc1[nH]c2c(C(N)=O)cccc2c1-c1nc(NCc2cccc(OS(=O)(=O)C(F)(F)F)c2)c2c(n1)OCCC2. The number of rotatable bonds is 7. The summed E-state index contributed by atoms with van der Waals surface area (Å²) in [5.41, 5.74) is 3.41. The van der Waals surface area contributed by atoms with E-state index in [1.165, 1.54) is 12.1 Å². The number of aromatic amines is 1. The van der Waals surface area contributed by atoms with Gasteiger partial charge in [-0.05, 0) is 43.5 Å². The Morgan fingerprint density at radius 2 is 1.97 bits per heavy atom. The van der Waals surface area contributed by atoms with Crippen LogP contribution in [0.25, 0.3) is 22.3 Å². The predicted octanol–water partition coefficient (Wildman–Crippen LogP) is 4.20. The molecule has 4 aromatic rings. The summed E-state index contributed by atoms with van der Waals surface area (Å²) in [6.07, 6.45) is 1.36. The lowest BCUT2D eigenvalue weighted by molar-refractivity contribution is -0.0500. The first-order chi connectivity index (χ1) is 18.4. The van der Waals surface area contributed by atoms with Gasteiger partial charge in [-0.15, -0.1) is 0 Å². The molecule has 10 nitrogen and oxygen atoms in total. The number of primary amides is 1. The van der Waals surface area contributed by atoms with Gasteiger partial charge in [-0.25, -0.2) is 4.98 Å². The Kier molecular flexibility index (Phi) is 6.58. The summed E-state index contributed by atoms with van der Waals surface area (Å²) >= 11 is 0. The van der Waals surface area contributed by atoms with Crippen LogP contribution >= 0.6 is 0 Å². The standard InChI is InChI=1S/C25H22F3N5O5S/c1-13-19(16-7-3-8-17(21(29)34)20(16)31-13)23-32-22(18-9-4-10-37-24(18)33-23)30-12-14-5-2-6-15(11-14)38-39(35,36)25(26,27)28/h2-3,5-8,11,31H,4,9-10,12H2,1H3,(H2,29,34)(H,30,32,33). The van der Waals surface area contributed by atoms with Crippen molar-refractivity contribution >= 4 is 32.7 Å². The molecule has 0 unspecified atom stereocenters. The number of fused-ring (bicyclic) bond motifs is 2. The highest BCUT2D eigenvalue weighted by atomic mass is 32.2. The summed E-state index contributed by atoms with van der Waals surface area (Å²) in [5, 5.41) is 3.86. The van der Waals surface area contributed by atoms with Crippen molar-refractivity contribution in [1.29, 1.82) is 0 Å². The fraction of sp³-hybridized carbons (Fsp3) is 0.240. The molecule has 1 amide bonds. The number of ether oxygens (including phenoxy) is 1. The van der Waals surface area contributed by atoms with E-state index in [4.69, 9.17) is 15.5 Å². The van der Waals surface area contributed by atoms with Gasteiger partial charge in [0.25, 0.3) is 5.91 Å². The molecule has 0 atom stereocenters. The van der Waals surface area contributed by atoms with Crippen molar-refractivity contribution < 1.29 is 35.3 Å². The normalized spacial score (nSPS) is 13.5. The monoisotopic (exact) mass is 561 g/mol. The lowest BCUT2D eigenvalue weighted by Gasteiger charge is -2.20. The Labute approximate surface area is 220 Å². The van der Waals surface area contributed by atoms with Gasteiger partial charge >= 0.3 is 15.6 Å². The smallest absolute Gasteiger partial charge is 0.477 e. The van der Waals surface area contributed by atoms with Crippen LogP contribution in [-0.2, 0) is 23.1 Å². The number of hydrogen-bond acceptors (Lipinski definition) is 8. The molecule has 3 heterocycles. The van der Waals surface area contributed by atoms with Crippen molar-refractivity contribution in [3.8, 4) is 23.0 Å². The zero-order valence-electron chi connectivity index (χ0n) is 20.4. The minimum atomic E-state index is -5.80. The number of benzene rings is 2. The van der Waals surface area contributed by atoms with Gasteiger partial charge in [0.05, 0.1) is 23.3 Å². The van der Waals surface area contributed by atoms with E-state index in [9.17, 15) is 26.4 Å². The highest BCUT2D eigenvalue weighted by Crippen LogP contribution is 2.36. The van der Waals surface area contributed by atoms with E-state index in [0.29, 0.717) is 63.8 Å². The van der Waals surface area contributed by atoms with E-state index in [1.54, 1.807) is 18.2 Å². The largest absolute Gasteiger partial charge is 0.534 e. The lowest BCUT2D eigenvalue weighted by atomic mass is 10.1. The van der Waals surface area contributed by atoms with Gasteiger partial charge in [-0.3, -0.25) is 4.79 Å². The first kappa shape index (κ1) is 26.3. The summed E-state index contributed by atoms with van der Waals surface area (Å²) in [6.45, 7) is 2.37. The zero-order chi connectivity index (χ0) is 27.9. The summed E-state index contributed by atoms with van der Waals surface area (Å²) in [5.74, 6) is 0.113. The van der Waals surface area contributed by atoms with Crippen LogP contribution < -0.4 is 20.0 Å². The summed E-state index contributed by atoms with van der Waals surface area (Å²) in [7, 11) is -5.80. The van der Waals surface area contributed by atoms with E-state index < -0.39 is 27.3 Å². The summed E-state index contributed by atoms with van der Waals surface area (Å²) < 4.78 is 70.9. The fourth-order valence-electron chi connectivity index (χ4n) is 4.39. The molecule has 0 bridgehead atoms. The van der Waals surface area contributed by atoms with E-state index in [1.807, 2.05) is 13.0 Å². The van der Waals surface area contributed by atoms with Crippen LogP contribution in [0.5, 0.6) is 11.6 Å². The first-order valence-electron chi connectivity index (χ1n) is 11.7. The van der Waals surface area contributed by atoms with Gasteiger partial charge in [0.2, 0.25) is 5.88 Å². The molecule has 39 heavy (non-hydrogen) atoms. The molecular weight excluding hydrogens is 539 g/mol. The molecule has 2 aromatic heterocycles. The predicted molar refractivity (Wildman–Crippen MR) is 136 cm³/mol. The average molecular weight is 562 g/mol. The van der Waals surface area contributed by atoms with Crippen molar-refractivity contribution in [2.45, 2.75) is 31.8 Å². The third kappa shape index (κ3) is 5.06. The van der Waals surface area contributed by atoms with E-state index in [2.05, 4.69) is 19.5 Å². The van der Waals surface area contributed by atoms with Crippen LogP contribution in [0, 0.1) is 6.92 Å². The number of aromatic nitrogens is 3. The number of H-pyrrole nitrogens is 1. The molecule has 0 saturated carbocycles. The number of carbonyl (C=O) groups excluding carboxylic acids is 1. The maximum atomic E-state index is 12.7. The minimum absolute atomic E-state index is 0.0881. The fourth-order valence-corrected chi connectivity index (χ4v) is 4.84. The number of aryl methyl sites for hydroxylation is 1. The van der Waals surface area contributed by atoms with Gasteiger partial charge in [0.15, 0.2) is 5.82 Å². The molecule has 1 aliphatic heterocycles. The van der Waals surface area contributed by atoms with Crippen molar-refractivity contribution in [3.63, 3.8) is 0 Å². The third-order valence-electron chi connectivity index (χ3n) is 6.14. The minimum Gasteiger partial charge on any atom is -0.477 e. The van der Waals surface area contributed by atoms with Crippen molar-refractivity contribution in [2.24, 2.45) is 5.73 Å². The van der Waals surface area contributed by atoms with Crippen LogP contribution in [0.3, 0.4) is 0 Å². The first-order valence-corrected chi connectivity index (χ1v) is 13.1. The quantitative estimate of drug-likeness (QED) is 0.225. The Bertz CT molecular complexity index is 1700. The van der Waals surface area contributed by atoms with Crippen LogP contribution in [0.4, 0.5) is 19.0 Å². The summed E-state index contributed by atoms with van der Waals surface area (Å²) in [4.78, 5) is 24.5. The van der Waals surface area contributed by atoms with Gasteiger partial charge in [0, 0.05) is 23.2 Å². The highest BCUT2D eigenvalue weighted by Gasteiger charge is 2.48. The molecule has 0 saturated heterocycles. The van der Waals surface area contributed by atoms with E-state index >= 15 is 0 Å². The highest BCUT2D eigenvalue weighted by molar-refractivity contribution is 7.88. The molecule has 204 valence electrons. The number of anilines is 1. The van der Waals surface area contributed by atoms with Crippen LogP contribution in [0.15, 0.2) is 42.5 Å². The Hall–Kier alpha value is -4.33. The maximum Gasteiger partial charge on any atom is 0.534 e. The Morgan fingerprint density at radius 1 is 1.21 bits per heavy atom. The van der Waals surface area contributed by atoms with Gasteiger partial charge < -0.3 is 25.0 Å². The second-order valence-electron chi connectivity index (χ2n) is 8.83. The van der Waals surface area contributed by atoms with Crippen LogP contribution in [0.1, 0.15) is 33.6 Å². The molecule has 0 fully saturated rings. The number of carbonyl (C=O) groups is 1. The second-order valence-corrected chi connectivity index (χ2v) is 10.4. The molecule has 1 aliphatic rings. The summed E-state index contributed by atoms with van der Waals surface area (Å²) in [6, 6.07) is 10.4. The molecule has 0 radical (unpaired) electrons. The molecule has 0 aliphatic carbocycles. The molecular formula is C25H22F3N5O5S. The molecule has 0 spiro atoms. The average Bonchev–Trinajstić information content (AvgIpc) is 3.22. The number of para-hydroxylation sites is 1. The maximum absolute atomic E-state index is 12.7. The number of amides is 1. The van der Waals surface area contributed by atoms with Crippen molar-refractivity contribution in [1.82, 2.24) is 15.0 Å². The zero-order valence-corrected chi connectivity index (χ0v) is 21.2. The van der Waals surface area contributed by atoms with Gasteiger partial charge in [0.1, 0.15) is 11.6 Å². The van der Waals surface area contributed by atoms with Crippen molar-refractivity contribution in [2.75, 3.05) is 11.9 Å². The van der Waals surface area contributed by atoms with E-state index in [-0.39, 0.29) is 6.54 Å². The topological polar surface area (TPSA) is 149 Å². The third-order valence-corrected chi connectivity index (χ3v) is 7.12. The number of nitrogens with zero attached hydrogens (tertiary/aromatic N) is 2. The Morgan fingerprint density at radius 3 is 2.72 bits per heavy atom. The molecule has 5 rings (SSSR count). The van der Waals surface area contributed by atoms with Crippen molar-refractivity contribution in [3.05, 3.63) is 64.8 Å². The van der Waals surface area contributed by atoms with Crippen LogP contribution in [0.2, 0.25) is 0 Å². The molecule has 14 heteroatoms. The molecule has 4 N–H and O–H groups in total. The number of alkyl halides is 3. The van der Waals surface area contributed by atoms with E-state index in [0.717, 1.165) is 18.1 Å². The molecule has 2 aromatic carbocycles. The van der Waals surface area contributed by atoms with Gasteiger partial charge in [-0.2, -0.15) is 26.6 Å².